The average molecular weight is 431 g/mol. The van der Waals surface area contributed by atoms with Crippen molar-refractivity contribution >= 4 is 22.5 Å². The Hall–Kier alpha value is -3.72. The van der Waals surface area contributed by atoms with Crippen molar-refractivity contribution in [3.05, 3.63) is 88.0 Å². The van der Waals surface area contributed by atoms with Gasteiger partial charge in [0.2, 0.25) is 0 Å². The van der Waals surface area contributed by atoms with Crippen molar-refractivity contribution < 1.29 is 8.94 Å². The van der Waals surface area contributed by atoms with Crippen LogP contribution in [0.1, 0.15) is 17.0 Å². The highest BCUT2D eigenvalue weighted by Crippen LogP contribution is 2.28. The largest absolute Gasteiger partial charge is 0.409 e. The molecule has 0 radical (unpaired) electrons. The van der Waals surface area contributed by atoms with Crippen LogP contribution < -0.4 is 5.56 Å². The molecule has 8 nitrogen and oxygen atoms in total. The molecule has 0 amide bonds. The molecule has 0 aliphatic carbocycles. The minimum Gasteiger partial charge on any atom is -0.409 e. The van der Waals surface area contributed by atoms with Crippen LogP contribution in [0.5, 0.6) is 0 Å². The average Bonchev–Trinajstić information content (AvgIpc) is 3.44. The van der Waals surface area contributed by atoms with Crippen LogP contribution in [-0.2, 0) is 12.3 Å². The Labute approximate surface area is 180 Å². The van der Waals surface area contributed by atoms with Gasteiger partial charge in [0, 0.05) is 17.2 Å². The lowest BCUT2D eigenvalue weighted by Gasteiger charge is -2.09. The molecule has 3 aromatic heterocycles. The molecule has 154 valence electrons. The fraction of sp³-hybridized carbons (Fsp3) is 0.136. The van der Waals surface area contributed by atoms with E-state index in [1.54, 1.807) is 6.07 Å². The van der Waals surface area contributed by atoms with Gasteiger partial charge in [0.05, 0.1) is 17.6 Å². The molecule has 31 heavy (non-hydrogen) atoms. The predicted molar refractivity (Wildman–Crippen MR) is 116 cm³/mol. The first kappa shape index (κ1) is 19.3. The van der Waals surface area contributed by atoms with Gasteiger partial charge in [-0.25, -0.2) is 4.68 Å². The van der Waals surface area contributed by atoms with E-state index in [4.69, 9.17) is 8.94 Å². The van der Waals surface area contributed by atoms with Crippen LogP contribution in [0.15, 0.2) is 79.6 Å². The Morgan fingerprint density at radius 3 is 2.55 bits per heavy atom. The number of benzene rings is 2. The normalized spacial score (nSPS) is 11.3. The molecule has 0 unspecified atom stereocenters. The molecule has 0 spiro atoms. The summed E-state index contributed by atoms with van der Waals surface area (Å²) in [6, 6.07) is 18.9. The summed E-state index contributed by atoms with van der Waals surface area (Å²) < 4.78 is 12.4. The molecule has 0 aliphatic rings. The SMILES string of the molecule is Cc1cc(CSc2nnc(-c3nn(Cc4ccccc4)c(=O)c4ccccc34)o2)no1. The molecular formula is C22H17N5O3S. The molecule has 5 aromatic rings. The van der Waals surface area contributed by atoms with Crippen molar-refractivity contribution in [3.63, 3.8) is 0 Å². The standard InChI is InChI=1S/C22H17N5O3S/c1-14-11-16(26-30-14)13-31-22-24-23-20(29-22)19-17-9-5-6-10-18(17)21(28)27(25-19)12-15-7-3-2-4-8-15/h2-11H,12-13H2,1H3. The molecule has 2 aromatic carbocycles. The van der Waals surface area contributed by atoms with Crippen LogP contribution in [-0.4, -0.2) is 25.1 Å². The maximum absolute atomic E-state index is 13.0. The van der Waals surface area contributed by atoms with Crippen LogP contribution in [0.3, 0.4) is 0 Å². The Bertz CT molecular complexity index is 1410. The summed E-state index contributed by atoms with van der Waals surface area (Å²) in [5.41, 5.74) is 2.08. The van der Waals surface area contributed by atoms with Gasteiger partial charge in [0.1, 0.15) is 5.76 Å². The molecule has 0 aliphatic heterocycles. The van der Waals surface area contributed by atoms with Crippen LogP contribution >= 0.6 is 11.8 Å². The topological polar surface area (TPSA) is 99.8 Å². The predicted octanol–water partition coefficient (Wildman–Crippen LogP) is 4.08. The molecule has 0 atom stereocenters. The minimum atomic E-state index is -0.168. The lowest BCUT2D eigenvalue weighted by molar-refractivity contribution is 0.392. The Morgan fingerprint density at radius 2 is 1.77 bits per heavy atom. The van der Waals surface area contributed by atoms with Gasteiger partial charge >= 0.3 is 0 Å². The zero-order chi connectivity index (χ0) is 21.2. The highest BCUT2D eigenvalue weighted by Gasteiger charge is 2.18. The van der Waals surface area contributed by atoms with Gasteiger partial charge in [-0.3, -0.25) is 4.79 Å². The third kappa shape index (κ3) is 3.99. The van der Waals surface area contributed by atoms with Gasteiger partial charge in [-0.2, -0.15) is 5.10 Å². The summed E-state index contributed by atoms with van der Waals surface area (Å²) in [6.45, 7) is 2.19. The zero-order valence-electron chi connectivity index (χ0n) is 16.6. The van der Waals surface area contributed by atoms with Gasteiger partial charge in [-0.1, -0.05) is 65.4 Å². The number of fused-ring (bicyclic) bond motifs is 1. The molecular weight excluding hydrogens is 414 g/mol. The van der Waals surface area contributed by atoms with Gasteiger partial charge in [-0.15, -0.1) is 10.2 Å². The van der Waals surface area contributed by atoms with Crippen LogP contribution in [0.2, 0.25) is 0 Å². The van der Waals surface area contributed by atoms with E-state index >= 15 is 0 Å². The number of thioether (sulfide) groups is 1. The summed E-state index contributed by atoms with van der Waals surface area (Å²) >= 11 is 1.36. The van der Waals surface area contributed by atoms with Crippen molar-refractivity contribution in [2.45, 2.75) is 24.4 Å². The van der Waals surface area contributed by atoms with Crippen molar-refractivity contribution in [3.8, 4) is 11.6 Å². The second-order valence-corrected chi connectivity index (χ2v) is 7.86. The third-order valence-corrected chi connectivity index (χ3v) is 5.52. The van der Waals surface area contributed by atoms with Gasteiger partial charge in [0.25, 0.3) is 16.7 Å². The summed E-state index contributed by atoms with van der Waals surface area (Å²) in [5.74, 6) is 1.55. The lowest BCUT2D eigenvalue weighted by Crippen LogP contribution is -2.24. The van der Waals surface area contributed by atoms with Crippen molar-refractivity contribution in [1.29, 1.82) is 0 Å². The second kappa shape index (κ2) is 8.19. The smallest absolute Gasteiger partial charge is 0.277 e. The Kier molecular flexibility index (Phi) is 5.09. The van der Waals surface area contributed by atoms with E-state index in [1.807, 2.05) is 61.5 Å². The molecule has 0 saturated heterocycles. The van der Waals surface area contributed by atoms with Crippen molar-refractivity contribution in [2.24, 2.45) is 0 Å². The van der Waals surface area contributed by atoms with Crippen LogP contribution in [0, 0.1) is 6.92 Å². The summed E-state index contributed by atoms with van der Waals surface area (Å²) in [6.07, 6.45) is 0. The first-order chi connectivity index (χ1) is 15.2. The van der Waals surface area contributed by atoms with Crippen molar-refractivity contribution in [2.75, 3.05) is 0 Å². The summed E-state index contributed by atoms with van der Waals surface area (Å²) in [7, 11) is 0. The minimum absolute atomic E-state index is 0.168. The first-order valence-electron chi connectivity index (χ1n) is 9.60. The summed E-state index contributed by atoms with van der Waals surface area (Å²) in [4.78, 5) is 13.0. The molecule has 3 heterocycles. The highest BCUT2D eigenvalue weighted by molar-refractivity contribution is 7.98. The van der Waals surface area contributed by atoms with Crippen LogP contribution in [0.4, 0.5) is 0 Å². The second-order valence-electron chi connectivity index (χ2n) is 6.93. The number of hydrogen-bond donors (Lipinski definition) is 0. The van der Waals surface area contributed by atoms with E-state index in [2.05, 4.69) is 20.5 Å². The van der Waals surface area contributed by atoms with E-state index in [0.29, 0.717) is 34.0 Å². The maximum Gasteiger partial charge on any atom is 0.277 e. The number of aromatic nitrogens is 5. The fourth-order valence-corrected chi connectivity index (χ4v) is 3.89. The number of nitrogens with zero attached hydrogens (tertiary/aromatic N) is 5. The molecule has 0 N–H and O–H groups in total. The zero-order valence-corrected chi connectivity index (χ0v) is 17.4. The van der Waals surface area contributed by atoms with Crippen LogP contribution in [0.25, 0.3) is 22.4 Å². The van der Waals surface area contributed by atoms with Gasteiger partial charge in [-0.05, 0) is 18.6 Å². The molecule has 0 saturated carbocycles. The summed E-state index contributed by atoms with van der Waals surface area (Å²) in [5, 5.41) is 18.4. The highest BCUT2D eigenvalue weighted by atomic mass is 32.2. The van der Waals surface area contributed by atoms with E-state index in [9.17, 15) is 4.79 Å². The maximum atomic E-state index is 13.0. The molecule has 0 fully saturated rings. The van der Waals surface area contributed by atoms with Gasteiger partial charge < -0.3 is 8.94 Å². The van der Waals surface area contributed by atoms with Gasteiger partial charge in [0.15, 0.2) is 5.69 Å². The van der Waals surface area contributed by atoms with E-state index in [-0.39, 0.29) is 11.4 Å². The molecule has 5 rings (SSSR count). The van der Waals surface area contributed by atoms with E-state index in [0.717, 1.165) is 17.0 Å². The lowest BCUT2D eigenvalue weighted by atomic mass is 10.1. The quantitative estimate of drug-likeness (QED) is 0.371. The van der Waals surface area contributed by atoms with E-state index in [1.165, 1.54) is 16.4 Å². The molecule has 9 heteroatoms. The Balaban J connectivity index is 1.51. The first-order valence-corrected chi connectivity index (χ1v) is 10.6. The van der Waals surface area contributed by atoms with E-state index < -0.39 is 0 Å². The monoisotopic (exact) mass is 431 g/mol. The fourth-order valence-electron chi connectivity index (χ4n) is 3.24. The third-order valence-electron chi connectivity index (χ3n) is 4.67. The molecule has 0 bridgehead atoms. The number of aryl methyl sites for hydroxylation is 1. The Morgan fingerprint density at radius 1 is 1.00 bits per heavy atom. The number of hydrogen-bond acceptors (Lipinski definition) is 8. The van der Waals surface area contributed by atoms with Crippen molar-refractivity contribution in [1.82, 2.24) is 25.1 Å². The number of rotatable bonds is 6.